The van der Waals surface area contributed by atoms with E-state index in [1.807, 2.05) is 0 Å². The van der Waals surface area contributed by atoms with Crippen molar-refractivity contribution in [2.24, 2.45) is 5.92 Å². The molecule has 7 nitrogen and oxygen atoms in total. The van der Waals surface area contributed by atoms with Crippen LogP contribution in [0.5, 0.6) is 17.6 Å². The lowest BCUT2D eigenvalue weighted by molar-refractivity contribution is -0.137. The first kappa shape index (κ1) is 23.3. The van der Waals surface area contributed by atoms with Gasteiger partial charge in [-0.25, -0.2) is 4.98 Å². The Labute approximate surface area is 202 Å². The minimum atomic E-state index is -4.79. The molecular formula is C24H19ClF3N3O4. The van der Waals surface area contributed by atoms with Crippen LogP contribution in [-0.2, 0) is 22.1 Å². The van der Waals surface area contributed by atoms with Crippen molar-refractivity contribution in [1.29, 1.82) is 5.26 Å². The van der Waals surface area contributed by atoms with Crippen molar-refractivity contribution in [3.63, 3.8) is 0 Å². The average molecular weight is 506 g/mol. The Bertz CT molecular complexity index is 1380. The Morgan fingerprint density at radius 3 is 2.57 bits per heavy atom. The molecule has 0 spiro atoms. The zero-order chi connectivity index (χ0) is 25.3. The summed E-state index contributed by atoms with van der Waals surface area (Å²) in [6, 6.07) is 7.75. The number of hydrogen-bond acceptors (Lipinski definition) is 6. The number of ether oxygens (including phenoxy) is 2. The van der Waals surface area contributed by atoms with Crippen molar-refractivity contribution in [2.75, 3.05) is 6.61 Å². The van der Waals surface area contributed by atoms with Crippen LogP contribution in [0.15, 0.2) is 36.5 Å². The van der Waals surface area contributed by atoms with Crippen molar-refractivity contribution in [3.05, 3.63) is 63.8 Å². The highest BCUT2D eigenvalue weighted by Crippen LogP contribution is 2.66. The van der Waals surface area contributed by atoms with E-state index in [-0.39, 0.29) is 18.2 Å². The van der Waals surface area contributed by atoms with Gasteiger partial charge in [0.2, 0.25) is 17.6 Å². The molecule has 182 valence electrons. The molecule has 5 rings (SSSR count). The standard InChI is InChI=1S/C24H19ClF3N3O4/c1-22-8-13(11-34-17-6-4-14(25)10-30-17)23(2,35-22)19-18(22)20(32)31(21(19)33)15-5-3-12(9-29)16(7-15)24(26,27)28/h3-7,10,13,32-33H,8,11H2,1-2H3/t13-,22+,23-/m0/s1. The zero-order valence-corrected chi connectivity index (χ0v) is 19.3. The van der Waals surface area contributed by atoms with Crippen LogP contribution in [0.4, 0.5) is 13.2 Å². The molecule has 0 aliphatic carbocycles. The van der Waals surface area contributed by atoms with Gasteiger partial charge in [-0.15, -0.1) is 0 Å². The molecular weight excluding hydrogens is 487 g/mol. The van der Waals surface area contributed by atoms with E-state index in [9.17, 15) is 23.4 Å². The quantitative estimate of drug-likeness (QED) is 0.493. The second-order valence-electron chi connectivity index (χ2n) is 9.04. The van der Waals surface area contributed by atoms with Gasteiger partial charge in [0.05, 0.1) is 51.2 Å². The van der Waals surface area contributed by atoms with Crippen LogP contribution in [0, 0.1) is 17.2 Å². The van der Waals surface area contributed by atoms with Gasteiger partial charge in [-0.3, -0.25) is 4.57 Å². The smallest absolute Gasteiger partial charge is 0.417 e. The van der Waals surface area contributed by atoms with E-state index in [0.717, 1.165) is 16.7 Å². The molecule has 0 saturated carbocycles. The Kier molecular flexibility index (Phi) is 5.02. The molecule has 3 aromatic rings. The number of aromatic nitrogens is 2. The molecule has 11 heteroatoms. The van der Waals surface area contributed by atoms with Gasteiger partial charge in [0.15, 0.2) is 0 Å². The third kappa shape index (κ3) is 3.41. The van der Waals surface area contributed by atoms with Crippen molar-refractivity contribution in [1.82, 2.24) is 9.55 Å². The van der Waals surface area contributed by atoms with E-state index in [4.69, 9.17) is 26.3 Å². The number of halogens is 4. The van der Waals surface area contributed by atoms with Gasteiger partial charge in [0.1, 0.15) is 5.60 Å². The summed E-state index contributed by atoms with van der Waals surface area (Å²) in [7, 11) is 0. The molecule has 0 radical (unpaired) electrons. The van der Waals surface area contributed by atoms with Gasteiger partial charge in [-0.2, -0.15) is 18.4 Å². The summed E-state index contributed by atoms with van der Waals surface area (Å²) in [4.78, 5) is 4.10. The summed E-state index contributed by atoms with van der Waals surface area (Å²) in [6.45, 7) is 3.68. The first-order chi connectivity index (χ1) is 16.4. The molecule has 2 bridgehead atoms. The SMILES string of the molecule is C[C@]12C[C@@H](COc3ccc(Cl)cn3)[C@](C)(O1)c1c2c(O)n(-c2ccc(C#N)c(C(F)(F)F)c2)c1O. The fourth-order valence-corrected chi connectivity index (χ4v) is 5.40. The second kappa shape index (κ2) is 7.54. The summed E-state index contributed by atoms with van der Waals surface area (Å²) in [6.07, 6.45) is -2.91. The van der Waals surface area contributed by atoms with E-state index < -0.39 is 40.3 Å². The highest BCUT2D eigenvalue weighted by molar-refractivity contribution is 6.30. The fraction of sp³-hybridized carbons (Fsp3) is 0.333. The van der Waals surface area contributed by atoms with Crippen LogP contribution in [0.2, 0.25) is 5.02 Å². The molecule has 2 aliphatic heterocycles. The third-order valence-electron chi connectivity index (χ3n) is 6.82. The van der Waals surface area contributed by atoms with E-state index in [1.54, 1.807) is 26.0 Å². The molecule has 1 fully saturated rings. The van der Waals surface area contributed by atoms with E-state index >= 15 is 0 Å². The minimum absolute atomic E-state index is 0.134. The second-order valence-corrected chi connectivity index (χ2v) is 9.48. The molecule has 0 amide bonds. The topological polar surface area (TPSA) is 101 Å². The Morgan fingerprint density at radius 1 is 1.23 bits per heavy atom. The van der Waals surface area contributed by atoms with Gasteiger partial charge in [-0.05, 0) is 44.5 Å². The fourth-order valence-electron chi connectivity index (χ4n) is 5.28. The van der Waals surface area contributed by atoms with Crippen molar-refractivity contribution in [2.45, 2.75) is 37.6 Å². The van der Waals surface area contributed by atoms with Gasteiger partial charge in [0, 0.05) is 18.2 Å². The van der Waals surface area contributed by atoms with E-state index in [0.29, 0.717) is 28.5 Å². The Hall–Kier alpha value is -3.42. The van der Waals surface area contributed by atoms with Crippen molar-refractivity contribution < 1.29 is 32.9 Å². The highest BCUT2D eigenvalue weighted by Gasteiger charge is 2.64. The molecule has 2 N–H and O–H groups in total. The normalized spacial score (nSPS) is 24.9. The van der Waals surface area contributed by atoms with Gasteiger partial charge < -0.3 is 19.7 Å². The first-order valence-electron chi connectivity index (χ1n) is 10.6. The van der Waals surface area contributed by atoms with Crippen LogP contribution in [0.3, 0.4) is 0 Å². The number of benzene rings is 1. The maximum absolute atomic E-state index is 13.5. The molecule has 3 atom stereocenters. The van der Waals surface area contributed by atoms with Crippen LogP contribution < -0.4 is 4.74 Å². The minimum Gasteiger partial charge on any atom is -0.494 e. The first-order valence-corrected chi connectivity index (χ1v) is 11.0. The van der Waals surface area contributed by atoms with Gasteiger partial charge >= 0.3 is 6.18 Å². The third-order valence-corrected chi connectivity index (χ3v) is 7.04. The predicted molar refractivity (Wildman–Crippen MR) is 117 cm³/mol. The van der Waals surface area contributed by atoms with Crippen molar-refractivity contribution in [3.8, 4) is 29.4 Å². The number of aromatic hydroxyl groups is 2. The van der Waals surface area contributed by atoms with Crippen LogP contribution in [0.1, 0.15) is 42.5 Å². The lowest BCUT2D eigenvalue weighted by atomic mass is 9.73. The number of pyridine rings is 1. The maximum Gasteiger partial charge on any atom is 0.417 e. The van der Waals surface area contributed by atoms with Gasteiger partial charge in [-0.1, -0.05) is 11.6 Å². The highest BCUT2D eigenvalue weighted by atomic mass is 35.5. The number of nitrogens with zero attached hydrogens (tertiary/aromatic N) is 3. The lowest BCUT2D eigenvalue weighted by Crippen LogP contribution is -2.32. The summed E-state index contributed by atoms with van der Waals surface area (Å²) in [5, 5.41) is 31.7. The summed E-state index contributed by atoms with van der Waals surface area (Å²) in [5.41, 5.74) is -3.33. The number of rotatable bonds is 4. The summed E-state index contributed by atoms with van der Waals surface area (Å²) < 4.78 is 53.6. The molecule has 35 heavy (non-hydrogen) atoms. The Morgan fingerprint density at radius 2 is 1.94 bits per heavy atom. The molecule has 1 saturated heterocycles. The van der Waals surface area contributed by atoms with Crippen molar-refractivity contribution >= 4 is 11.6 Å². The average Bonchev–Trinajstić information content (AvgIpc) is 3.32. The molecule has 2 aromatic heterocycles. The lowest BCUT2D eigenvalue weighted by Gasteiger charge is -2.29. The van der Waals surface area contributed by atoms with E-state index in [2.05, 4.69) is 4.98 Å². The summed E-state index contributed by atoms with van der Waals surface area (Å²) >= 11 is 5.85. The van der Waals surface area contributed by atoms with Crippen LogP contribution in [-0.4, -0.2) is 26.4 Å². The van der Waals surface area contributed by atoms with Crippen LogP contribution in [0.25, 0.3) is 5.69 Å². The number of nitriles is 1. The number of hydrogen-bond donors (Lipinski definition) is 2. The Balaban J connectivity index is 1.55. The largest absolute Gasteiger partial charge is 0.494 e. The zero-order valence-electron chi connectivity index (χ0n) is 18.5. The molecule has 0 unspecified atom stereocenters. The monoisotopic (exact) mass is 505 g/mol. The van der Waals surface area contributed by atoms with Crippen LogP contribution >= 0.6 is 11.6 Å². The summed E-state index contributed by atoms with van der Waals surface area (Å²) in [5.74, 6) is -0.755. The number of fused-ring (bicyclic) bond motifs is 5. The van der Waals surface area contributed by atoms with E-state index in [1.165, 1.54) is 18.3 Å². The predicted octanol–water partition coefficient (Wildman–Crippen LogP) is 5.39. The number of alkyl halides is 3. The maximum atomic E-state index is 13.5. The molecule has 2 aliphatic rings. The molecule has 4 heterocycles. The molecule has 1 aromatic carbocycles. The van der Waals surface area contributed by atoms with Gasteiger partial charge in [0.25, 0.3) is 0 Å².